The van der Waals surface area contributed by atoms with Gasteiger partial charge < -0.3 is 19.3 Å². The lowest BCUT2D eigenvalue weighted by Gasteiger charge is -2.34. The molecule has 0 amide bonds. The number of ether oxygens (including phenoxy) is 2. The molecule has 0 aromatic carbocycles. The van der Waals surface area contributed by atoms with Gasteiger partial charge in [0.2, 0.25) is 0 Å². The van der Waals surface area contributed by atoms with Crippen molar-refractivity contribution in [2.24, 2.45) is 17.8 Å². The predicted molar refractivity (Wildman–Crippen MR) is 215 cm³/mol. The van der Waals surface area contributed by atoms with E-state index in [1.165, 1.54) is 129 Å². The number of hydrogen-bond acceptors (Lipinski definition) is 6. The third-order valence-electron chi connectivity index (χ3n) is 10.6. The van der Waals surface area contributed by atoms with Crippen molar-refractivity contribution in [1.29, 1.82) is 0 Å². The van der Waals surface area contributed by atoms with Crippen molar-refractivity contribution in [1.82, 2.24) is 9.80 Å². The normalized spacial score (nSPS) is 15.3. The summed E-state index contributed by atoms with van der Waals surface area (Å²) < 4.78 is 11.1. The molecule has 1 aliphatic rings. The van der Waals surface area contributed by atoms with Gasteiger partial charge >= 0.3 is 11.9 Å². The first-order valence-corrected chi connectivity index (χ1v) is 21.5. The molecule has 0 N–H and O–H groups in total. The molecule has 6 nitrogen and oxygen atoms in total. The van der Waals surface area contributed by atoms with E-state index in [1.807, 2.05) is 6.08 Å². The number of unbranched alkanes of at least 4 members (excludes halogenated alkanes) is 14. The van der Waals surface area contributed by atoms with Crippen LogP contribution in [0.15, 0.2) is 29.8 Å². The van der Waals surface area contributed by atoms with Gasteiger partial charge in [-0.05, 0) is 75.3 Å². The van der Waals surface area contributed by atoms with E-state index in [1.54, 1.807) is 0 Å². The molecule has 0 aliphatic carbocycles. The van der Waals surface area contributed by atoms with Crippen LogP contribution in [0.1, 0.15) is 175 Å². The second kappa shape index (κ2) is 33.8. The predicted octanol–water partition coefficient (Wildman–Crippen LogP) is 11.2. The lowest BCUT2D eigenvalue weighted by atomic mass is 9.93. The Morgan fingerprint density at radius 2 is 1.16 bits per heavy atom. The molecule has 1 aliphatic heterocycles. The molecular weight excluding hydrogens is 633 g/mol. The lowest BCUT2D eigenvalue weighted by Crippen LogP contribution is -2.46. The minimum atomic E-state index is -0.0976. The number of esters is 2. The van der Waals surface area contributed by atoms with E-state index in [9.17, 15) is 9.59 Å². The van der Waals surface area contributed by atoms with E-state index in [0.29, 0.717) is 32.0 Å². The summed E-state index contributed by atoms with van der Waals surface area (Å²) in [6, 6.07) is 0. The molecule has 294 valence electrons. The highest BCUT2D eigenvalue weighted by molar-refractivity contribution is 5.70. The third kappa shape index (κ3) is 29.1. The number of likely N-dealkylation sites (N-methyl/N-ethyl adjacent to an activating group) is 1. The van der Waals surface area contributed by atoms with Gasteiger partial charge in [-0.15, -0.1) is 0 Å². The molecule has 0 radical (unpaired) electrons. The van der Waals surface area contributed by atoms with Crippen LogP contribution in [-0.2, 0) is 19.1 Å². The third-order valence-corrected chi connectivity index (χ3v) is 10.6. The summed E-state index contributed by atoms with van der Waals surface area (Å²) in [7, 11) is 2.24. The van der Waals surface area contributed by atoms with Gasteiger partial charge in [0.25, 0.3) is 0 Å². The molecule has 1 heterocycles. The van der Waals surface area contributed by atoms with Gasteiger partial charge in [0.05, 0.1) is 19.6 Å². The van der Waals surface area contributed by atoms with Gasteiger partial charge in [0.1, 0.15) is 0 Å². The average Bonchev–Trinajstić information content (AvgIpc) is 3.11. The summed E-state index contributed by atoms with van der Waals surface area (Å²) in [6.07, 6.45) is 29.5. The van der Waals surface area contributed by atoms with Gasteiger partial charge in [-0.2, -0.15) is 0 Å². The fourth-order valence-corrected chi connectivity index (χ4v) is 7.15. The maximum Gasteiger partial charge on any atom is 0.306 e. The zero-order chi connectivity index (χ0) is 37.2. The van der Waals surface area contributed by atoms with Gasteiger partial charge in [0.15, 0.2) is 0 Å². The van der Waals surface area contributed by atoms with Crippen LogP contribution in [0.2, 0.25) is 0 Å². The molecule has 0 spiro atoms. The van der Waals surface area contributed by atoms with Crippen LogP contribution in [0.5, 0.6) is 0 Å². The lowest BCUT2D eigenvalue weighted by molar-refractivity contribution is -0.145. The number of piperazine rings is 1. The van der Waals surface area contributed by atoms with Crippen molar-refractivity contribution in [2.45, 2.75) is 175 Å². The van der Waals surface area contributed by atoms with E-state index in [4.69, 9.17) is 9.47 Å². The second-order valence-electron chi connectivity index (χ2n) is 15.6. The Bertz CT molecular complexity index is 971. The Kier molecular flexibility index (Phi) is 31.1. The summed E-state index contributed by atoms with van der Waals surface area (Å²) in [5.41, 5.74) is 8.29. The van der Waals surface area contributed by atoms with Crippen LogP contribution >= 0.6 is 0 Å². The van der Waals surface area contributed by atoms with E-state index < -0.39 is 0 Å². The Labute approximate surface area is 315 Å². The van der Waals surface area contributed by atoms with Crippen LogP contribution in [-0.4, -0.2) is 74.7 Å². The standard InChI is InChI=1S/C45H80N2O4/c1-6-9-20-27-41(4)38-44(48)50-36-25-18-14-12-16-23-30-43(40-47-34-32-46(5)33-35-47)31-24-17-13-15-19-26-37-51-45(49)39-42(28-21-10-7-2)29-22-11-8-3/h28,41-43H,2,6,8-9,11-20,22-27,29-40H2,1,3-5H3. The van der Waals surface area contributed by atoms with Crippen molar-refractivity contribution in [3.63, 3.8) is 0 Å². The first-order valence-electron chi connectivity index (χ1n) is 21.5. The Balaban J connectivity index is 2.20. The average molecular weight is 713 g/mol. The molecule has 1 saturated heterocycles. The molecule has 51 heavy (non-hydrogen) atoms. The Hall–Kier alpha value is -2.06. The van der Waals surface area contributed by atoms with Crippen LogP contribution in [0, 0.1) is 17.8 Å². The molecular formula is C45H80N2O4. The quantitative estimate of drug-likeness (QED) is 0.0383. The van der Waals surface area contributed by atoms with Crippen molar-refractivity contribution in [3.8, 4) is 0 Å². The zero-order valence-electron chi connectivity index (χ0n) is 34.0. The Morgan fingerprint density at radius 1 is 0.667 bits per heavy atom. The second-order valence-corrected chi connectivity index (χ2v) is 15.6. The fraction of sp³-hybridized carbons (Fsp3) is 0.844. The van der Waals surface area contributed by atoms with Gasteiger partial charge in [-0.3, -0.25) is 9.59 Å². The summed E-state index contributed by atoms with van der Waals surface area (Å²) in [4.78, 5) is 29.7. The van der Waals surface area contributed by atoms with Crippen molar-refractivity contribution < 1.29 is 19.1 Å². The summed E-state index contributed by atoms with van der Waals surface area (Å²) in [6.45, 7) is 17.3. The summed E-state index contributed by atoms with van der Waals surface area (Å²) >= 11 is 0. The van der Waals surface area contributed by atoms with E-state index in [-0.39, 0.29) is 17.9 Å². The highest BCUT2D eigenvalue weighted by Crippen LogP contribution is 2.22. The van der Waals surface area contributed by atoms with Crippen LogP contribution < -0.4 is 0 Å². The summed E-state index contributed by atoms with van der Waals surface area (Å²) in [5.74, 6) is 1.29. The monoisotopic (exact) mass is 713 g/mol. The molecule has 3 unspecified atom stereocenters. The van der Waals surface area contributed by atoms with Crippen molar-refractivity contribution in [3.05, 3.63) is 29.8 Å². The van der Waals surface area contributed by atoms with Crippen molar-refractivity contribution in [2.75, 3.05) is 53.0 Å². The van der Waals surface area contributed by atoms with Gasteiger partial charge in [0, 0.05) is 39.1 Å². The maximum absolute atomic E-state index is 12.4. The number of carbonyl (C=O) groups excluding carboxylic acids is 2. The van der Waals surface area contributed by atoms with Crippen LogP contribution in [0.3, 0.4) is 0 Å². The highest BCUT2D eigenvalue weighted by atomic mass is 16.5. The zero-order valence-corrected chi connectivity index (χ0v) is 34.0. The van der Waals surface area contributed by atoms with Gasteiger partial charge in [-0.1, -0.05) is 141 Å². The number of carbonyl (C=O) groups is 2. The number of rotatable bonds is 33. The molecule has 0 aromatic heterocycles. The molecule has 0 saturated carbocycles. The minimum absolute atomic E-state index is 0.00867. The number of nitrogens with zero attached hydrogens (tertiary/aromatic N) is 2. The Morgan fingerprint density at radius 3 is 1.71 bits per heavy atom. The highest BCUT2D eigenvalue weighted by Gasteiger charge is 2.18. The molecule has 0 aromatic rings. The van der Waals surface area contributed by atoms with E-state index >= 15 is 0 Å². The molecule has 1 fully saturated rings. The first kappa shape index (κ1) is 47.0. The topological polar surface area (TPSA) is 59.1 Å². The number of hydrogen-bond donors (Lipinski definition) is 0. The molecule has 1 rings (SSSR count). The van der Waals surface area contributed by atoms with Crippen LogP contribution in [0.4, 0.5) is 0 Å². The first-order chi connectivity index (χ1) is 24.9. The largest absolute Gasteiger partial charge is 0.466 e. The number of allylic oxidation sites excluding steroid dienone is 1. The smallest absolute Gasteiger partial charge is 0.306 e. The van der Waals surface area contributed by atoms with Crippen molar-refractivity contribution >= 4 is 11.9 Å². The minimum Gasteiger partial charge on any atom is -0.466 e. The molecule has 3 atom stereocenters. The molecule has 0 bridgehead atoms. The van der Waals surface area contributed by atoms with Gasteiger partial charge in [-0.25, -0.2) is 0 Å². The fourth-order valence-electron chi connectivity index (χ4n) is 7.15. The summed E-state index contributed by atoms with van der Waals surface area (Å²) in [5, 5.41) is 0. The van der Waals surface area contributed by atoms with Crippen LogP contribution in [0.25, 0.3) is 0 Å². The van der Waals surface area contributed by atoms with E-state index in [2.05, 4.69) is 61.4 Å². The SMILES string of the molecule is C=C=C=C=CC(CCCCC)CC(=O)OCCCCCCCCC(CCCCCCCCOC(=O)CC(C)CCCCC)CN1CCN(C)CC1. The maximum atomic E-state index is 12.4. The molecule has 6 heteroatoms. The van der Waals surface area contributed by atoms with E-state index in [0.717, 1.165) is 50.9 Å².